The number of benzene rings is 2. The molecule has 2 saturated heterocycles. The van der Waals surface area contributed by atoms with E-state index in [2.05, 4.69) is 47.1 Å². The monoisotopic (exact) mass is 414 g/mol. The van der Waals surface area contributed by atoms with Crippen LogP contribution in [0.1, 0.15) is 42.9 Å². The number of nitrogens with zero attached hydrogens (tertiary/aromatic N) is 2. The van der Waals surface area contributed by atoms with Crippen molar-refractivity contribution < 1.29 is 4.79 Å². The molecule has 0 bridgehead atoms. The number of rotatable bonds is 6. The zero-order valence-corrected chi connectivity index (χ0v) is 18.7. The molecule has 3 unspecified atom stereocenters. The van der Waals surface area contributed by atoms with Crippen molar-refractivity contribution in [2.24, 2.45) is 11.8 Å². The summed E-state index contributed by atoms with van der Waals surface area (Å²) >= 11 is 0. The summed E-state index contributed by atoms with van der Waals surface area (Å²) in [7, 11) is 0. The molecule has 0 N–H and O–H groups in total. The van der Waals surface area contributed by atoms with Gasteiger partial charge in [-0.3, -0.25) is 4.79 Å². The summed E-state index contributed by atoms with van der Waals surface area (Å²) in [6, 6.07) is 20.1. The van der Waals surface area contributed by atoms with Gasteiger partial charge in [-0.25, -0.2) is 0 Å². The van der Waals surface area contributed by atoms with E-state index in [0.29, 0.717) is 18.3 Å². The SMILES string of the molecule is CC1CCCN1CCc1ccc(C2=CCC3CN(C(=O)Cc4ccccc4)CC23)cc1. The molecule has 3 nitrogen and oxygen atoms in total. The second kappa shape index (κ2) is 9.00. The summed E-state index contributed by atoms with van der Waals surface area (Å²) in [5.74, 6) is 1.36. The van der Waals surface area contributed by atoms with Crippen LogP contribution in [0.15, 0.2) is 60.7 Å². The van der Waals surface area contributed by atoms with Crippen LogP contribution in [0.2, 0.25) is 0 Å². The van der Waals surface area contributed by atoms with Crippen LogP contribution >= 0.6 is 0 Å². The number of likely N-dealkylation sites (tertiary alicyclic amines) is 2. The van der Waals surface area contributed by atoms with E-state index < -0.39 is 0 Å². The second-order valence-electron chi connectivity index (χ2n) is 9.70. The molecule has 3 heteroatoms. The van der Waals surface area contributed by atoms with E-state index in [9.17, 15) is 4.79 Å². The molecule has 0 radical (unpaired) electrons. The van der Waals surface area contributed by atoms with E-state index >= 15 is 0 Å². The molecule has 3 aliphatic rings. The van der Waals surface area contributed by atoms with Gasteiger partial charge >= 0.3 is 0 Å². The smallest absolute Gasteiger partial charge is 0.227 e. The predicted octanol–water partition coefficient (Wildman–Crippen LogP) is 4.82. The highest BCUT2D eigenvalue weighted by molar-refractivity contribution is 5.80. The molecule has 5 rings (SSSR count). The predicted molar refractivity (Wildman–Crippen MR) is 127 cm³/mol. The fourth-order valence-electron chi connectivity index (χ4n) is 5.77. The van der Waals surface area contributed by atoms with E-state index in [-0.39, 0.29) is 5.91 Å². The van der Waals surface area contributed by atoms with Gasteiger partial charge in [0.2, 0.25) is 5.91 Å². The fraction of sp³-hybridized carbons (Fsp3) is 0.464. The van der Waals surface area contributed by atoms with Crippen LogP contribution < -0.4 is 0 Å². The molecule has 1 amide bonds. The Morgan fingerprint density at radius 3 is 2.55 bits per heavy atom. The molecule has 1 aliphatic carbocycles. The van der Waals surface area contributed by atoms with Crippen molar-refractivity contribution in [3.05, 3.63) is 77.4 Å². The van der Waals surface area contributed by atoms with Gasteiger partial charge in [-0.2, -0.15) is 0 Å². The Balaban J connectivity index is 1.18. The van der Waals surface area contributed by atoms with Crippen LogP contribution in [0.5, 0.6) is 0 Å². The molecular weight excluding hydrogens is 380 g/mol. The van der Waals surface area contributed by atoms with Gasteiger partial charge in [0.1, 0.15) is 0 Å². The number of carbonyl (C=O) groups excluding carboxylic acids is 1. The number of allylic oxidation sites excluding steroid dienone is 1. The van der Waals surface area contributed by atoms with Gasteiger partial charge in [0.15, 0.2) is 0 Å². The topological polar surface area (TPSA) is 23.6 Å². The van der Waals surface area contributed by atoms with E-state index in [1.54, 1.807) is 0 Å². The Morgan fingerprint density at radius 2 is 1.81 bits per heavy atom. The summed E-state index contributed by atoms with van der Waals surface area (Å²) in [5, 5.41) is 0. The third kappa shape index (κ3) is 4.48. The van der Waals surface area contributed by atoms with Crippen LogP contribution in [0, 0.1) is 11.8 Å². The first-order valence-electron chi connectivity index (χ1n) is 12.0. The minimum Gasteiger partial charge on any atom is -0.341 e. The summed E-state index contributed by atoms with van der Waals surface area (Å²) in [6.45, 7) is 6.56. The molecule has 0 aromatic heterocycles. The zero-order valence-electron chi connectivity index (χ0n) is 18.7. The van der Waals surface area contributed by atoms with Crippen molar-refractivity contribution in [3.8, 4) is 0 Å². The van der Waals surface area contributed by atoms with Gasteiger partial charge in [0, 0.05) is 31.6 Å². The lowest BCUT2D eigenvalue weighted by Gasteiger charge is -2.21. The van der Waals surface area contributed by atoms with Crippen LogP contribution in [-0.2, 0) is 17.6 Å². The van der Waals surface area contributed by atoms with Crippen LogP contribution in [0.4, 0.5) is 0 Å². The van der Waals surface area contributed by atoms with Crippen molar-refractivity contribution >= 4 is 11.5 Å². The molecule has 2 heterocycles. The van der Waals surface area contributed by atoms with Crippen LogP contribution in [0.3, 0.4) is 0 Å². The maximum Gasteiger partial charge on any atom is 0.227 e. The summed E-state index contributed by atoms with van der Waals surface area (Å²) in [6.07, 6.45) is 7.88. The van der Waals surface area contributed by atoms with Gasteiger partial charge in [-0.1, -0.05) is 60.7 Å². The first-order valence-corrected chi connectivity index (χ1v) is 12.0. The maximum atomic E-state index is 12.8. The van der Waals surface area contributed by atoms with Gasteiger partial charge < -0.3 is 9.80 Å². The first kappa shape index (κ1) is 20.5. The lowest BCUT2D eigenvalue weighted by Crippen LogP contribution is -2.30. The molecule has 0 saturated carbocycles. The van der Waals surface area contributed by atoms with E-state index in [1.807, 2.05) is 30.3 Å². The number of fused-ring (bicyclic) bond motifs is 1. The van der Waals surface area contributed by atoms with Crippen LogP contribution in [-0.4, -0.2) is 47.9 Å². The summed E-state index contributed by atoms with van der Waals surface area (Å²) < 4.78 is 0. The Morgan fingerprint density at radius 1 is 1.00 bits per heavy atom. The average molecular weight is 415 g/mol. The quantitative estimate of drug-likeness (QED) is 0.677. The normalized spacial score (nSPS) is 25.6. The Bertz CT molecular complexity index is 933. The lowest BCUT2D eigenvalue weighted by molar-refractivity contribution is -0.129. The van der Waals surface area contributed by atoms with Crippen molar-refractivity contribution in [1.29, 1.82) is 0 Å². The molecular formula is C28H34N2O. The fourth-order valence-corrected chi connectivity index (χ4v) is 5.77. The highest BCUT2D eigenvalue weighted by atomic mass is 16.2. The van der Waals surface area contributed by atoms with Gasteiger partial charge in [0.05, 0.1) is 6.42 Å². The largest absolute Gasteiger partial charge is 0.341 e. The Kier molecular flexibility index (Phi) is 5.95. The summed E-state index contributed by atoms with van der Waals surface area (Å²) in [4.78, 5) is 17.6. The first-order chi connectivity index (χ1) is 15.2. The average Bonchev–Trinajstić information content (AvgIpc) is 3.49. The lowest BCUT2D eigenvalue weighted by atomic mass is 9.90. The minimum absolute atomic E-state index is 0.270. The van der Waals surface area contributed by atoms with Crippen molar-refractivity contribution in [1.82, 2.24) is 9.80 Å². The second-order valence-corrected chi connectivity index (χ2v) is 9.70. The highest BCUT2D eigenvalue weighted by Gasteiger charge is 2.40. The molecule has 2 aromatic rings. The number of hydrogen-bond acceptors (Lipinski definition) is 2. The van der Waals surface area contributed by atoms with E-state index in [1.165, 1.54) is 42.6 Å². The van der Waals surface area contributed by atoms with E-state index in [4.69, 9.17) is 0 Å². The molecule has 31 heavy (non-hydrogen) atoms. The van der Waals surface area contributed by atoms with Gasteiger partial charge in [-0.15, -0.1) is 0 Å². The zero-order chi connectivity index (χ0) is 21.2. The molecule has 2 aromatic carbocycles. The highest BCUT2D eigenvalue weighted by Crippen LogP contribution is 2.43. The number of carbonyl (C=O) groups is 1. The summed E-state index contributed by atoms with van der Waals surface area (Å²) in [5.41, 5.74) is 5.35. The van der Waals surface area contributed by atoms with Crippen molar-refractivity contribution in [2.75, 3.05) is 26.2 Å². The van der Waals surface area contributed by atoms with Gasteiger partial charge in [-0.05, 0) is 67.3 Å². The minimum atomic E-state index is 0.270. The van der Waals surface area contributed by atoms with Gasteiger partial charge in [0.25, 0.3) is 0 Å². The molecule has 2 fully saturated rings. The molecule has 0 spiro atoms. The van der Waals surface area contributed by atoms with Crippen LogP contribution in [0.25, 0.3) is 5.57 Å². The Hall–Kier alpha value is -2.39. The third-order valence-electron chi connectivity index (χ3n) is 7.70. The standard InChI is InChI=1S/C28H34N2O/c1-21-6-5-16-29(21)17-15-22-9-11-24(12-10-22)26-14-13-25-19-30(20-27(25)26)28(31)18-23-7-3-2-4-8-23/h2-4,7-12,14,21,25,27H,5-6,13,15-20H2,1H3. The van der Waals surface area contributed by atoms with E-state index in [0.717, 1.165) is 37.5 Å². The molecule has 2 aliphatic heterocycles. The maximum absolute atomic E-state index is 12.8. The van der Waals surface area contributed by atoms with Crippen molar-refractivity contribution in [3.63, 3.8) is 0 Å². The number of amides is 1. The third-order valence-corrected chi connectivity index (χ3v) is 7.70. The molecule has 162 valence electrons. The number of hydrogen-bond donors (Lipinski definition) is 0. The molecule has 3 atom stereocenters. The Labute approximate surface area is 186 Å². The van der Waals surface area contributed by atoms with Crippen molar-refractivity contribution in [2.45, 2.75) is 45.1 Å².